The van der Waals surface area contributed by atoms with Gasteiger partial charge in [-0.3, -0.25) is 4.79 Å². The fraction of sp³-hybridized carbons (Fsp3) is 0.0870. The van der Waals surface area contributed by atoms with Gasteiger partial charge in [-0.25, -0.2) is 9.67 Å². The van der Waals surface area contributed by atoms with Gasteiger partial charge in [-0.05, 0) is 30.3 Å². The number of thiazole rings is 1. The number of ether oxygens (including phenoxy) is 2. The van der Waals surface area contributed by atoms with Crippen molar-refractivity contribution in [3.05, 3.63) is 94.2 Å². The molecular formula is C23H17N3O3S. The maximum Gasteiger partial charge on any atom is 0.196 e. The van der Waals surface area contributed by atoms with Crippen LogP contribution in [0.25, 0.3) is 11.8 Å². The van der Waals surface area contributed by atoms with Gasteiger partial charge in [0, 0.05) is 35.0 Å². The number of fused-ring (bicyclic) bond motifs is 1. The lowest BCUT2D eigenvalue weighted by atomic mass is 10.00. The number of ketones is 1. The molecule has 1 aliphatic heterocycles. The number of hydrogen-bond acceptors (Lipinski definition) is 6. The van der Waals surface area contributed by atoms with Crippen molar-refractivity contribution in [3.8, 4) is 17.2 Å². The number of Topliss-reactive ketones (excluding diaryl/α,β-unsaturated/α-hetero) is 1. The van der Waals surface area contributed by atoms with E-state index in [2.05, 4.69) is 10.1 Å². The van der Waals surface area contributed by atoms with Crippen LogP contribution in [0, 0.1) is 0 Å². The molecule has 0 amide bonds. The Morgan fingerprint density at radius 2 is 2.10 bits per heavy atom. The summed E-state index contributed by atoms with van der Waals surface area (Å²) in [6.07, 6.45) is 7.21. The summed E-state index contributed by atoms with van der Waals surface area (Å²) in [6.45, 7) is 0.591. The number of carbonyl (C=O) groups excluding carboxylic acids is 1. The summed E-state index contributed by atoms with van der Waals surface area (Å²) in [5.41, 5.74) is 3.07. The number of para-hydroxylation sites is 1. The van der Waals surface area contributed by atoms with Crippen LogP contribution in [-0.2, 0) is 6.61 Å². The SMILES string of the molecule is O=C1/C(=C\c2nccs2)COc2cc(OCc3cnn(-c4ccccc4)c3)ccc21. The highest BCUT2D eigenvalue weighted by atomic mass is 32.1. The Labute approximate surface area is 177 Å². The molecule has 4 aromatic rings. The third-order valence-corrected chi connectivity index (χ3v) is 5.41. The Balaban J connectivity index is 1.28. The number of nitrogens with zero attached hydrogens (tertiary/aromatic N) is 3. The Bertz CT molecular complexity index is 1210. The van der Waals surface area contributed by atoms with E-state index in [1.54, 1.807) is 36.7 Å². The van der Waals surface area contributed by atoms with Crippen LogP contribution in [0.4, 0.5) is 0 Å². The van der Waals surface area contributed by atoms with E-state index in [1.807, 2.05) is 46.6 Å². The summed E-state index contributed by atoms with van der Waals surface area (Å²) in [4.78, 5) is 16.9. The Morgan fingerprint density at radius 1 is 1.20 bits per heavy atom. The second kappa shape index (κ2) is 7.96. The highest BCUT2D eigenvalue weighted by Gasteiger charge is 2.24. The Kier molecular flexibility index (Phi) is 4.86. The topological polar surface area (TPSA) is 66.2 Å². The molecule has 2 aromatic heterocycles. The van der Waals surface area contributed by atoms with Crippen LogP contribution in [0.5, 0.6) is 11.5 Å². The molecule has 0 saturated heterocycles. The third kappa shape index (κ3) is 3.75. The van der Waals surface area contributed by atoms with Gasteiger partial charge in [-0.15, -0.1) is 11.3 Å². The van der Waals surface area contributed by atoms with Crippen LogP contribution in [0.2, 0.25) is 0 Å². The van der Waals surface area contributed by atoms with Gasteiger partial charge in [-0.2, -0.15) is 5.10 Å². The monoisotopic (exact) mass is 415 g/mol. The average molecular weight is 415 g/mol. The number of carbonyl (C=O) groups is 1. The maximum absolute atomic E-state index is 12.7. The lowest BCUT2D eigenvalue weighted by molar-refractivity contribution is 0.100. The van der Waals surface area contributed by atoms with Crippen molar-refractivity contribution >= 4 is 23.2 Å². The smallest absolute Gasteiger partial charge is 0.196 e. The van der Waals surface area contributed by atoms with Gasteiger partial charge in [0.1, 0.15) is 29.7 Å². The van der Waals surface area contributed by atoms with Crippen LogP contribution < -0.4 is 9.47 Å². The molecule has 3 heterocycles. The molecule has 5 rings (SSSR count). The number of rotatable bonds is 5. The zero-order valence-electron chi connectivity index (χ0n) is 15.9. The fourth-order valence-corrected chi connectivity index (χ4v) is 3.77. The molecule has 7 heteroatoms. The first kappa shape index (κ1) is 18.3. The van der Waals surface area contributed by atoms with E-state index in [9.17, 15) is 4.79 Å². The predicted molar refractivity (Wildman–Crippen MR) is 114 cm³/mol. The maximum atomic E-state index is 12.7. The Hall–Kier alpha value is -3.71. The largest absolute Gasteiger partial charge is 0.489 e. The van der Waals surface area contributed by atoms with E-state index in [0.29, 0.717) is 29.2 Å². The summed E-state index contributed by atoms with van der Waals surface area (Å²) in [6, 6.07) is 15.2. The zero-order valence-corrected chi connectivity index (χ0v) is 16.7. The second-order valence-corrected chi connectivity index (χ2v) is 7.66. The van der Waals surface area contributed by atoms with Crippen molar-refractivity contribution in [1.29, 1.82) is 0 Å². The van der Waals surface area contributed by atoms with E-state index in [4.69, 9.17) is 9.47 Å². The second-order valence-electron chi connectivity index (χ2n) is 6.73. The molecule has 0 atom stereocenters. The molecule has 0 spiro atoms. The minimum Gasteiger partial charge on any atom is -0.489 e. The summed E-state index contributed by atoms with van der Waals surface area (Å²) in [5, 5.41) is 7.04. The molecular weight excluding hydrogens is 398 g/mol. The molecule has 6 nitrogen and oxygen atoms in total. The van der Waals surface area contributed by atoms with Crippen molar-refractivity contribution in [3.63, 3.8) is 0 Å². The van der Waals surface area contributed by atoms with E-state index >= 15 is 0 Å². The lowest BCUT2D eigenvalue weighted by Crippen LogP contribution is -2.19. The molecule has 0 radical (unpaired) electrons. The quantitative estimate of drug-likeness (QED) is 0.447. The van der Waals surface area contributed by atoms with Crippen LogP contribution in [0.15, 0.2) is 78.1 Å². The summed E-state index contributed by atoms with van der Waals surface area (Å²) < 4.78 is 13.5. The van der Waals surface area contributed by atoms with Gasteiger partial charge in [0.2, 0.25) is 0 Å². The standard InChI is InChI=1S/C23H17N3O3S/c27-23-17(10-22-24-8-9-30-22)15-29-21-11-19(6-7-20(21)23)28-14-16-12-25-26(13-16)18-4-2-1-3-5-18/h1-13H,14-15H2/b17-10-. The normalized spacial score (nSPS) is 14.4. The molecule has 2 aromatic carbocycles. The number of benzene rings is 2. The first-order valence-corrected chi connectivity index (χ1v) is 10.3. The van der Waals surface area contributed by atoms with Gasteiger partial charge in [0.05, 0.1) is 17.4 Å². The van der Waals surface area contributed by atoms with Crippen LogP contribution in [-0.4, -0.2) is 27.2 Å². The molecule has 0 aliphatic carbocycles. The van der Waals surface area contributed by atoms with Gasteiger partial charge >= 0.3 is 0 Å². The Morgan fingerprint density at radius 3 is 2.93 bits per heavy atom. The minimum absolute atomic E-state index is 0.0397. The zero-order chi connectivity index (χ0) is 20.3. The van der Waals surface area contributed by atoms with Crippen molar-refractivity contribution in [2.24, 2.45) is 0 Å². The fourth-order valence-electron chi connectivity index (χ4n) is 3.18. The van der Waals surface area contributed by atoms with Crippen molar-refractivity contribution in [2.45, 2.75) is 6.61 Å². The average Bonchev–Trinajstić information content (AvgIpc) is 3.47. The van der Waals surface area contributed by atoms with Crippen LogP contribution in [0.3, 0.4) is 0 Å². The summed E-state index contributed by atoms with van der Waals surface area (Å²) in [7, 11) is 0. The van der Waals surface area contributed by atoms with Crippen LogP contribution in [0.1, 0.15) is 20.9 Å². The summed E-state index contributed by atoms with van der Waals surface area (Å²) >= 11 is 1.48. The van der Waals surface area contributed by atoms with Crippen LogP contribution >= 0.6 is 11.3 Å². The number of hydrogen-bond donors (Lipinski definition) is 0. The molecule has 30 heavy (non-hydrogen) atoms. The highest BCUT2D eigenvalue weighted by molar-refractivity contribution is 7.10. The first-order valence-electron chi connectivity index (χ1n) is 9.40. The molecule has 0 bridgehead atoms. The summed E-state index contributed by atoms with van der Waals surface area (Å²) in [5.74, 6) is 1.14. The molecule has 0 saturated carbocycles. The molecule has 1 aliphatic rings. The van der Waals surface area contributed by atoms with Gasteiger partial charge in [0.15, 0.2) is 5.78 Å². The van der Waals surface area contributed by atoms with Crippen molar-refractivity contribution < 1.29 is 14.3 Å². The van der Waals surface area contributed by atoms with E-state index < -0.39 is 0 Å². The van der Waals surface area contributed by atoms with Gasteiger partial charge in [0.25, 0.3) is 0 Å². The minimum atomic E-state index is -0.0397. The van der Waals surface area contributed by atoms with E-state index in [-0.39, 0.29) is 12.4 Å². The van der Waals surface area contributed by atoms with E-state index in [1.165, 1.54) is 11.3 Å². The number of aromatic nitrogens is 3. The first-order chi connectivity index (χ1) is 14.8. The highest BCUT2D eigenvalue weighted by Crippen LogP contribution is 2.32. The van der Waals surface area contributed by atoms with E-state index in [0.717, 1.165) is 16.3 Å². The predicted octanol–water partition coefficient (Wildman–Crippen LogP) is 4.57. The van der Waals surface area contributed by atoms with Gasteiger partial charge < -0.3 is 9.47 Å². The lowest BCUT2D eigenvalue weighted by Gasteiger charge is -2.19. The molecule has 0 N–H and O–H groups in total. The molecule has 0 fully saturated rings. The van der Waals surface area contributed by atoms with Crippen molar-refractivity contribution in [2.75, 3.05) is 6.61 Å². The third-order valence-electron chi connectivity index (χ3n) is 4.68. The van der Waals surface area contributed by atoms with Crippen molar-refractivity contribution in [1.82, 2.24) is 14.8 Å². The van der Waals surface area contributed by atoms with Gasteiger partial charge in [-0.1, -0.05) is 18.2 Å². The molecule has 0 unspecified atom stereocenters. The molecule has 148 valence electrons.